The summed E-state index contributed by atoms with van der Waals surface area (Å²) < 4.78 is 23.8. The molecule has 1 unspecified atom stereocenters. The molecule has 1 N–H and O–H groups in total. The Morgan fingerprint density at radius 3 is 2.72 bits per heavy atom. The Kier molecular flexibility index (Phi) is 6.68. The van der Waals surface area contributed by atoms with Crippen LogP contribution in [0, 0.1) is 5.82 Å². The zero-order chi connectivity index (χ0) is 13.4. The quantitative estimate of drug-likeness (QED) is 0.774. The summed E-state index contributed by atoms with van der Waals surface area (Å²) in [5, 5.41) is 3.39. The predicted octanol–water partition coefficient (Wildman–Crippen LogP) is 2.91. The third kappa shape index (κ3) is 4.27. The summed E-state index contributed by atoms with van der Waals surface area (Å²) in [6.07, 6.45) is 1.04. The average Bonchev–Trinajstić information content (AvgIpc) is 2.40. The number of rotatable bonds is 8. The van der Waals surface area contributed by atoms with E-state index in [4.69, 9.17) is 9.47 Å². The average molecular weight is 255 g/mol. The molecule has 0 aliphatic rings. The van der Waals surface area contributed by atoms with Crippen molar-refractivity contribution in [2.45, 2.75) is 26.3 Å². The summed E-state index contributed by atoms with van der Waals surface area (Å²) in [6, 6.07) is 4.99. The van der Waals surface area contributed by atoms with Crippen LogP contribution in [0.25, 0.3) is 0 Å². The highest BCUT2D eigenvalue weighted by molar-refractivity contribution is 5.32. The second kappa shape index (κ2) is 8.06. The summed E-state index contributed by atoms with van der Waals surface area (Å²) in [6.45, 7) is 6.21. The van der Waals surface area contributed by atoms with Gasteiger partial charge in [0.05, 0.1) is 19.8 Å². The van der Waals surface area contributed by atoms with Crippen LogP contribution in [-0.4, -0.2) is 26.9 Å². The number of nitrogens with one attached hydrogen (secondary N) is 1. The van der Waals surface area contributed by atoms with E-state index in [1.54, 1.807) is 12.1 Å². The minimum absolute atomic E-state index is 0.0689. The summed E-state index contributed by atoms with van der Waals surface area (Å²) in [5.41, 5.74) is 0.982. The highest BCUT2D eigenvalue weighted by Gasteiger charge is 2.13. The first-order valence-electron chi connectivity index (χ1n) is 6.37. The number of methoxy groups -OCH3 is 1. The fraction of sp³-hybridized carbons (Fsp3) is 0.571. The molecule has 0 aromatic heterocycles. The number of benzene rings is 1. The van der Waals surface area contributed by atoms with E-state index in [-0.39, 0.29) is 17.6 Å². The number of ether oxygens (including phenoxy) is 2. The Labute approximate surface area is 108 Å². The van der Waals surface area contributed by atoms with E-state index in [0.29, 0.717) is 13.2 Å². The normalized spacial score (nSPS) is 12.4. The number of hydrogen-bond acceptors (Lipinski definition) is 3. The third-order valence-corrected chi connectivity index (χ3v) is 2.71. The van der Waals surface area contributed by atoms with Crippen molar-refractivity contribution in [3.8, 4) is 5.75 Å². The van der Waals surface area contributed by atoms with Crippen LogP contribution >= 0.6 is 0 Å². The molecule has 0 saturated carbocycles. The zero-order valence-electron chi connectivity index (χ0n) is 11.3. The van der Waals surface area contributed by atoms with Gasteiger partial charge in [-0.3, -0.25) is 0 Å². The van der Waals surface area contributed by atoms with Crippen LogP contribution in [0.3, 0.4) is 0 Å². The molecule has 0 spiro atoms. The Hall–Kier alpha value is -1.13. The lowest BCUT2D eigenvalue weighted by molar-refractivity contribution is 0.123. The minimum Gasteiger partial charge on any atom is -0.494 e. The van der Waals surface area contributed by atoms with Gasteiger partial charge in [-0.25, -0.2) is 4.39 Å². The molecule has 4 heteroatoms. The van der Waals surface area contributed by atoms with E-state index in [1.165, 1.54) is 13.2 Å². The maximum atomic E-state index is 13.4. The van der Waals surface area contributed by atoms with E-state index >= 15 is 0 Å². The topological polar surface area (TPSA) is 30.5 Å². The summed E-state index contributed by atoms with van der Waals surface area (Å²) in [7, 11) is 1.47. The van der Waals surface area contributed by atoms with Crippen molar-refractivity contribution in [3.63, 3.8) is 0 Å². The maximum Gasteiger partial charge on any atom is 0.165 e. The molecule has 1 rings (SSSR count). The Balaban J connectivity index is 2.82. The van der Waals surface area contributed by atoms with Gasteiger partial charge in [-0.05, 0) is 37.6 Å². The van der Waals surface area contributed by atoms with Gasteiger partial charge in [0.25, 0.3) is 0 Å². The van der Waals surface area contributed by atoms with E-state index in [1.807, 2.05) is 6.92 Å². The smallest absolute Gasteiger partial charge is 0.165 e. The van der Waals surface area contributed by atoms with E-state index in [0.717, 1.165) is 18.5 Å². The molecule has 0 radical (unpaired) electrons. The van der Waals surface area contributed by atoms with Crippen LogP contribution in [0.4, 0.5) is 4.39 Å². The Morgan fingerprint density at radius 1 is 1.33 bits per heavy atom. The molecule has 3 nitrogen and oxygen atoms in total. The van der Waals surface area contributed by atoms with Crippen molar-refractivity contribution in [2.24, 2.45) is 0 Å². The lowest BCUT2D eigenvalue weighted by Crippen LogP contribution is -2.26. The van der Waals surface area contributed by atoms with E-state index in [9.17, 15) is 4.39 Å². The van der Waals surface area contributed by atoms with Gasteiger partial charge in [0, 0.05) is 6.61 Å². The van der Waals surface area contributed by atoms with Crippen LogP contribution in [0.2, 0.25) is 0 Å². The molecule has 0 amide bonds. The first-order chi connectivity index (χ1) is 8.72. The highest BCUT2D eigenvalue weighted by atomic mass is 19.1. The van der Waals surface area contributed by atoms with Gasteiger partial charge in [0.1, 0.15) is 0 Å². The molecule has 1 aromatic carbocycles. The van der Waals surface area contributed by atoms with Gasteiger partial charge in [0.2, 0.25) is 0 Å². The van der Waals surface area contributed by atoms with Crippen molar-refractivity contribution in [3.05, 3.63) is 29.6 Å². The van der Waals surface area contributed by atoms with Gasteiger partial charge in [-0.2, -0.15) is 0 Å². The molecule has 18 heavy (non-hydrogen) atoms. The first kappa shape index (κ1) is 14.9. The Morgan fingerprint density at radius 2 is 2.11 bits per heavy atom. The van der Waals surface area contributed by atoms with Gasteiger partial charge < -0.3 is 14.8 Å². The minimum atomic E-state index is -0.341. The van der Waals surface area contributed by atoms with Gasteiger partial charge >= 0.3 is 0 Å². The van der Waals surface area contributed by atoms with Crippen molar-refractivity contribution >= 4 is 0 Å². The molecule has 0 fully saturated rings. The predicted molar refractivity (Wildman–Crippen MR) is 70.5 cm³/mol. The van der Waals surface area contributed by atoms with Crippen LogP contribution in [0.1, 0.15) is 31.9 Å². The molecule has 0 saturated heterocycles. The lowest BCUT2D eigenvalue weighted by atomic mass is 10.1. The van der Waals surface area contributed by atoms with E-state index < -0.39 is 0 Å². The second-order valence-corrected chi connectivity index (χ2v) is 4.06. The SMILES string of the molecule is CCCNC(COCC)c1ccc(F)c(OC)c1. The number of halogens is 1. The number of hydrogen-bond donors (Lipinski definition) is 1. The molecule has 1 aromatic rings. The third-order valence-electron chi connectivity index (χ3n) is 2.71. The zero-order valence-corrected chi connectivity index (χ0v) is 11.3. The molecule has 0 bridgehead atoms. The monoisotopic (exact) mass is 255 g/mol. The van der Waals surface area contributed by atoms with Crippen LogP contribution in [-0.2, 0) is 4.74 Å². The second-order valence-electron chi connectivity index (χ2n) is 4.06. The maximum absolute atomic E-state index is 13.4. The molecular formula is C14H22FNO2. The fourth-order valence-electron chi connectivity index (χ4n) is 1.72. The van der Waals surface area contributed by atoms with Gasteiger partial charge in [-0.1, -0.05) is 13.0 Å². The molecule has 0 aliphatic heterocycles. The molecular weight excluding hydrogens is 233 g/mol. The van der Waals surface area contributed by atoms with Crippen molar-refractivity contribution in [1.29, 1.82) is 0 Å². The summed E-state index contributed by atoms with van der Waals surface area (Å²) >= 11 is 0. The van der Waals surface area contributed by atoms with Crippen LogP contribution in [0.5, 0.6) is 5.75 Å². The summed E-state index contributed by atoms with van der Waals surface area (Å²) in [4.78, 5) is 0. The van der Waals surface area contributed by atoms with Crippen molar-refractivity contribution in [2.75, 3.05) is 26.9 Å². The van der Waals surface area contributed by atoms with Crippen LogP contribution < -0.4 is 10.1 Å². The molecule has 0 heterocycles. The van der Waals surface area contributed by atoms with Gasteiger partial charge in [-0.15, -0.1) is 0 Å². The summed E-state index contributed by atoms with van der Waals surface area (Å²) in [5.74, 6) is -0.0702. The van der Waals surface area contributed by atoms with Crippen molar-refractivity contribution in [1.82, 2.24) is 5.32 Å². The van der Waals surface area contributed by atoms with Crippen molar-refractivity contribution < 1.29 is 13.9 Å². The van der Waals surface area contributed by atoms with Crippen LogP contribution in [0.15, 0.2) is 18.2 Å². The van der Waals surface area contributed by atoms with E-state index in [2.05, 4.69) is 12.2 Å². The lowest BCUT2D eigenvalue weighted by Gasteiger charge is -2.19. The standard InChI is InChI=1S/C14H22FNO2/c1-4-8-16-13(10-18-5-2)11-6-7-12(15)14(9-11)17-3/h6-7,9,13,16H,4-5,8,10H2,1-3H3. The van der Waals surface area contributed by atoms with Gasteiger partial charge in [0.15, 0.2) is 11.6 Å². The largest absolute Gasteiger partial charge is 0.494 e. The molecule has 0 aliphatic carbocycles. The fourth-order valence-corrected chi connectivity index (χ4v) is 1.72. The Bertz CT molecular complexity index is 350. The highest BCUT2D eigenvalue weighted by Crippen LogP contribution is 2.23. The molecule has 1 atom stereocenters. The first-order valence-corrected chi connectivity index (χ1v) is 6.37. The molecule has 102 valence electrons.